The molecule has 2 nitrogen and oxygen atoms in total. The molecule has 0 aliphatic rings. The Morgan fingerprint density at radius 2 is 1.63 bits per heavy atom. The fraction of sp³-hybridized carbons (Fsp3) is 0.188. The van der Waals surface area contributed by atoms with Gasteiger partial charge in [0.2, 0.25) is 0 Å². The monoisotopic (exact) mass is 273 g/mol. The van der Waals surface area contributed by atoms with Crippen molar-refractivity contribution in [2.45, 2.75) is 19.9 Å². The highest BCUT2D eigenvalue weighted by molar-refractivity contribution is 6.24. The summed E-state index contributed by atoms with van der Waals surface area (Å²) in [5.74, 6) is -0.185. The molecule has 0 radical (unpaired) electrons. The molecule has 0 heterocycles. The van der Waals surface area contributed by atoms with Crippen molar-refractivity contribution in [1.82, 2.24) is 4.42 Å². The number of halogens is 1. The van der Waals surface area contributed by atoms with Crippen LogP contribution < -0.4 is 0 Å². The standard InChI is InChI=1S/C16H16ClNO/c1-12-8-10-14(11-9-12)13(2)18(17)16(19)15-6-4-3-5-7-15/h3-11,13H,1-2H3. The third-order valence-corrected chi connectivity index (χ3v) is 3.56. The number of hydrogen-bond donors (Lipinski definition) is 0. The summed E-state index contributed by atoms with van der Waals surface area (Å²) >= 11 is 6.17. The molecule has 3 heteroatoms. The molecule has 0 saturated carbocycles. The minimum Gasteiger partial charge on any atom is -0.268 e. The highest BCUT2D eigenvalue weighted by Crippen LogP contribution is 2.24. The zero-order valence-electron chi connectivity index (χ0n) is 11.0. The van der Waals surface area contributed by atoms with E-state index in [4.69, 9.17) is 11.8 Å². The van der Waals surface area contributed by atoms with E-state index in [1.165, 1.54) is 9.98 Å². The van der Waals surface area contributed by atoms with Crippen molar-refractivity contribution in [3.05, 3.63) is 71.3 Å². The molecular weight excluding hydrogens is 258 g/mol. The van der Waals surface area contributed by atoms with Gasteiger partial charge in [0, 0.05) is 17.3 Å². The summed E-state index contributed by atoms with van der Waals surface area (Å²) in [5.41, 5.74) is 2.80. The Balaban J connectivity index is 2.17. The number of carbonyl (C=O) groups is 1. The van der Waals surface area contributed by atoms with E-state index in [-0.39, 0.29) is 11.9 Å². The Morgan fingerprint density at radius 1 is 1.05 bits per heavy atom. The largest absolute Gasteiger partial charge is 0.268 e. The lowest BCUT2D eigenvalue weighted by molar-refractivity contribution is 0.0830. The molecule has 1 amide bonds. The van der Waals surface area contributed by atoms with Gasteiger partial charge in [0.1, 0.15) is 0 Å². The van der Waals surface area contributed by atoms with Crippen LogP contribution in [-0.4, -0.2) is 10.3 Å². The minimum absolute atomic E-state index is 0.171. The maximum absolute atomic E-state index is 12.2. The van der Waals surface area contributed by atoms with Crippen molar-refractivity contribution in [3.63, 3.8) is 0 Å². The molecule has 0 bridgehead atoms. The van der Waals surface area contributed by atoms with E-state index >= 15 is 0 Å². The fourth-order valence-corrected chi connectivity index (χ4v) is 2.07. The zero-order valence-corrected chi connectivity index (χ0v) is 11.8. The third-order valence-electron chi connectivity index (χ3n) is 3.11. The van der Waals surface area contributed by atoms with E-state index in [1.807, 2.05) is 56.3 Å². The molecule has 2 aromatic carbocycles. The molecule has 98 valence electrons. The number of benzene rings is 2. The highest BCUT2D eigenvalue weighted by Gasteiger charge is 2.20. The smallest absolute Gasteiger partial charge is 0.268 e. The summed E-state index contributed by atoms with van der Waals surface area (Å²) in [7, 11) is 0. The summed E-state index contributed by atoms with van der Waals surface area (Å²) in [4.78, 5) is 12.2. The van der Waals surface area contributed by atoms with Gasteiger partial charge in [-0.05, 0) is 31.5 Å². The van der Waals surface area contributed by atoms with E-state index in [9.17, 15) is 4.79 Å². The predicted molar refractivity (Wildman–Crippen MR) is 78.1 cm³/mol. The van der Waals surface area contributed by atoms with Gasteiger partial charge in [-0.3, -0.25) is 4.79 Å². The van der Waals surface area contributed by atoms with Crippen molar-refractivity contribution in [3.8, 4) is 0 Å². The van der Waals surface area contributed by atoms with Crippen molar-refractivity contribution < 1.29 is 4.79 Å². The van der Waals surface area contributed by atoms with Gasteiger partial charge in [0.05, 0.1) is 6.04 Å². The van der Waals surface area contributed by atoms with Gasteiger partial charge in [0.25, 0.3) is 5.91 Å². The topological polar surface area (TPSA) is 20.3 Å². The molecule has 1 atom stereocenters. The summed E-state index contributed by atoms with van der Waals surface area (Å²) in [6.07, 6.45) is 0. The second-order valence-corrected chi connectivity index (χ2v) is 4.93. The molecule has 1 unspecified atom stereocenters. The maximum atomic E-state index is 12.2. The van der Waals surface area contributed by atoms with Crippen LogP contribution in [0.3, 0.4) is 0 Å². The Labute approximate surface area is 118 Å². The van der Waals surface area contributed by atoms with Gasteiger partial charge in [-0.2, -0.15) is 0 Å². The summed E-state index contributed by atoms with van der Waals surface area (Å²) < 4.78 is 1.25. The molecule has 0 N–H and O–H groups in total. The molecule has 2 aromatic rings. The lowest BCUT2D eigenvalue weighted by Crippen LogP contribution is -2.24. The Hall–Kier alpha value is -1.80. The molecule has 0 aliphatic carbocycles. The average molecular weight is 274 g/mol. The summed E-state index contributed by atoms with van der Waals surface area (Å²) in [6, 6.07) is 16.9. The van der Waals surface area contributed by atoms with Crippen LogP contribution in [0, 0.1) is 6.92 Å². The number of nitrogens with zero attached hydrogens (tertiary/aromatic N) is 1. The van der Waals surface area contributed by atoms with Crippen LogP contribution in [0.5, 0.6) is 0 Å². The van der Waals surface area contributed by atoms with E-state index < -0.39 is 0 Å². The van der Waals surface area contributed by atoms with Crippen LogP contribution in [0.25, 0.3) is 0 Å². The maximum Gasteiger partial charge on any atom is 0.268 e. The van der Waals surface area contributed by atoms with Gasteiger partial charge < -0.3 is 0 Å². The third kappa shape index (κ3) is 3.15. The Kier molecular flexibility index (Phi) is 4.23. The van der Waals surface area contributed by atoms with Crippen molar-refractivity contribution in [1.29, 1.82) is 0 Å². The lowest BCUT2D eigenvalue weighted by atomic mass is 10.1. The molecule has 0 fully saturated rings. The van der Waals surface area contributed by atoms with Crippen LogP contribution in [-0.2, 0) is 0 Å². The number of aryl methyl sites for hydroxylation is 1. The van der Waals surface area contributed by atoms with Gasteiger partial charge >= 0.3 is 0 Å². The number of rotatable bonds is 3. The van der Waals surface area contributed by atoms with E-state index in [0.717, 1.165) is 5.56 Å². The number of carbonyl (C=O) groups excluding carboxylic acids is 1. The molecule has 0 aromatic heterocycles. The van der Waals surface area contributed by atoms with E-state index in [1.54, 1.807) is 12.1 Å². The molecule has 2 rings (SSSR count). The average Bonchev–Trinajstić information content (AvgIpc) is 2.46. The van der Waals surface area contributed by atoms with Crippen molar-refractivity contribution in [2.75, 3.05) is 0 Å². The van der Waals surface area contributed by atoms with Crippen LogP contribution in [0.2, 0.25) is 0 Å². The second-order valence-electron chi connectivity index (χ2n) is 4.57. The first-order chi connectivity index (χ1) is 9.09. The quantitative estimate of drug-likeness (QED) is 0.761. The first-order valence-electron chi connectivity index (χ1n) is 6.20. The Bertz CT molecular complexity index is 551. The van der Waals surface area contributed by atoms with Crippen LogP contribution in [0.15, 0.2) is 54.6 Å². The fourth-order valence-electron chi connectivity index (χ4n) is 1.86. The van der Waals surface area contributed by atoms with Gasteiger partial charge in [-0.15, -0.1) is 0 Å². The Morgan fingerprint density at radius 3 is 2.21 bits per heavy atom. The first kappa shape index (κ1) is 13.6. The van der Waals surface area contributed by atoms with Gasteiger partial charge in [0.15, 0.2) is 0 Å². The highest BCUT2D eigenvalue weighted by atomic mass is 35.5. The molecular formula is C16H16ClNO. The molecule has 19 heavy (non-hydrogen) atoms. The van der Waals surface area contributed by atoms with Crippen LogP contribution >= 0.6 is 11.8 Å². The van der Waals surface area contributed by atoms with Gasteiger partial charge in [-0.25, -0.2) is 4.42 Å². The molecule has 0 aliphatic heterocycles. The van der Waals surface area contributed by atoms with Crippen LogP contribution in [0.1, 0.15) is 34.5 Å². The van der Waals surface area contributed by atoms with Gasteiger partial charge in [-0.1, -0.05) is 48.0 Å². The first-order valence-corrected chi connectivity index (χ1v) is 6.54. The summed E-state index contributed by atoms with van der Waals surface area (Å²) in [5, 5.41) is 0. The van der Waals surface area contributed by atoms with Crippen molar-refractivity contribution >= 4 is 17.7 Å². The zero-order chi connectivity index (χ0) is 13.8. The second kappa shape index (κ2) is 5.89. The molecule has 0 spiro atoms. The van der Waals surface area contributed by atoms with E-state index in [2.05, 4.69) is 0 Å². The number of amides is 1. The molecule has 0 saturated heterocycles. The minimum atomic E-state index is -0.185. The summed E-state index contributed by atoms with van der Waals surface area (Å²) in [6.45, 7) is 3.94. The lowest BCUT2D eigenvalue weighted by Gasteiger charge is -2.22. The van der Waals surface area contributed by atoms with E-state index in [0.29, 0.717) is 5.56 Å². The SMILES string of the molecule is Cc1ccc(C(C)N(Cl)C(=O)c2ccccc2)cc1. The predicted octanol–water partition coefficient (Wildman–Crippen LogP) is 4.35. The van der Waals surface area contributed by atoms with Crippen LogP contribution in [0.4, 0.5) is 0 Å². The number of hydrogen-bond acceptors (Lipinski definition) is 1. The van der Waals surface area contributed by atoms with Crippen molar-refractivity contribution in [2.24, 2.45) is 0 Å². The normalized spacial score (nSPS) is 11.9.